The van der Waals surface area contributed by atoms with Gasteiger partial charge in [-0.1, -0.05) is 48.5 Å². The standard InChI is InChI=1S/C21H18N4O2/c26-20(15-7-3-1-4-8-15)19-17(13-22-23-21(27)16-11-12-16)14-25(24-19)18-9-5-2-6-10-18/h1-10,13-14,16H,11-12H2,(H,23,27)/b22-13-. The van der Waals surface area contributed by atoms with Gasteiger partial charge in [0.15, 0.2) is 0 Å². The fraction of sp³-hybridized carbons (Fsp3) is 0.143. The predicted octanol–water partition coefficient (Wildman–Crippen LogP) is 2.96. The summed E-state index contributed by atoms with van der Waals surface area (Å²) in [6.45, 7) is 0. The highest BCUT2D eigenvalue weighted by molar-refractivity contribution is 6.11. The van der Waals surface area contributed by atoms with E-state index >= 15 is 0 Å². The number of carbonyl (C=O) groups excluding carboxylic acids is 2. The maximum atomic E-state index is 12.9. The Hall–Kier alpha value is -3.54. The highest BCUT2D eigenvalue weighted by Gasteiger charge is 2.29. The topological polar surface area (TPSA) is 76.3 Å². The van der Waals surface area contributed by atoms with Crippen LogP contribution in [-0.4, -0.2) is 27.7 Å². The maximum absolute atomic E-state index is 12.9. The van der Waals surface area contributed by atoms with Crippen LogP contribution in [0, 0.1) is 5.92 Å². The lowest BCUT2D eigenvalue weighted by atomic mass is 10.1. The van der Waals surface area contributed by atoms with Crippen molar-refractivity contribution in [3.05, 3.63) is 83.7 Å². The molecule has 0 bridgehead atoms. The Kier molecular flexibility index (Phi) is 4.61. The lowest BCUT2D eigenvalue weighted by Gasteiger charge is -2.00. The van der Waals surface area contributed by atoms with Crippen LogP contribution >= 0.6 is 0 Å². The Morgan fingerprint density at radius 1 is 1.04 bits per heavy atom. The van der Waals surface area contributed by atoms with Crippen molar-refractivity contribution in [3.63, 3.8) is 0 Å². The molecular formula is C21H18N4O2. The van der Waals surface area contributed by atoms with E-state index in [0.29, 0.717) is 11.1 Å². The summed E-state index contributed by atoms with van der Waals surface area (Å²) < 4.78 is 1.64. The first kappa shape index (κ1) is 16.9. The first-order valence-electron chi connectivity index (χ1n) is 8.80. The largest absolute Gasteiger partial charge is 0.287 e. The summed E-state index contributed by atoms with van der Waals surface area (Å²) in [6.07, 6.45) is 5.03. The van der Waals surface area contributed by atoms with Crippen LogP contribution in [0.15, 0.2) is 72.0 Å². The van der Waals surface area contributed by atoms with Crippen LogP contribution in [-0.2, 0) is 4.79 Å². The number of benzene rings is 2. The summed E-state index contributed by atoms with van der Waals surface area (Å²) in [5, 5.41) is 8.48. The minimum atomic E-state index is -0.194. The van der Waals surface area contributed by atoms with Gasteiger partial charge in [0.05, 0.1) is 11.9 Å². The summed E-state index contributed by atoms with van der Waals surface area (Å²) in [6, 6.07) is 18.5. The molecule has 1 fully saturated rings. The number of nitrogens with one attached hydrogen (secondary N) is 1. The number of aromatic nitrogens is 2. The molecule has 1 aliphatic rings. The van der Waals surface area contributed by atoms with Crippen LogP contribution in [0.4, 0.5) is 0 Å². The van der Waals surface area contributed by atoms with Gasteiger partial charge < -0.3 is 0 Å². The third kappa shape index (κ3) is 3.84. The number of carbonyl (C=O) groups is 2. The van der Waals surface area contributed by atoms with Crippen LogP contribution in [0.5, 0.6) is 0 Å². The number of para-hydroxylation sites is 1. The molecule has 0 spiro atoms. The van der Waals surface area contributed by atoms with E-state index in [1.54, 1.807) is 23.0 Å². The molecule has 1 heterocycles. The summed E-state index contributed by atoms with van der Waals surface area (Å²) in [5.74, 6) is -0.211. The first-order chi connectivity index (χ1) is 13.2. The van der Waals surface area contributed by atoms with Crippen molar-refractivity contribution >= 4 is 17.9 Å². The average molecular weight is 358 g/mol. The number of ketones is 1. The van der Waals surface area contributed by atoms with E-state index in [-0.39, 0.29) is 23.3 Å². The second kappa shape index (κ2) is 7.37. The molecule has 1 saturated carbocycles. The van der Waals surface area contributed by atoms with E-state index in [2.05, 4.69) is 15.6 Å². The van der Waals surface area contributed by atoms with Crippen molar-refractivity contribution in [1.29, 1.82) is 0 Å². The van der Waals surface area contributed by atoms with E-state index in [1.165, 1.54) is 6.21 Å². The predicted molar refractivity (Wildman–Crippen MR) is 102 cm³/mol. The minimum absolute atomic E-state index is 0.0691. The molecular weight excluding hydrogens is 340 g/mol. The van der Waals surface area contributed by atoms with E-state index in [9.17, 15) is 9.59 Å². The highest BCUT2D eigenvalue weighted by Crippen LogP contribution is 2.28. The zero-order valence-electron chi connectivity index (χ0n) is 14.6. The number of hydrogen-bond acceptors (Lipinski definition) is 4. The van der Waals surface area contributed by atoms with Crippen molar-refractivity contribution in [1.82, 2.24) is 15.2 Å². The van der Waals surface area contributed by atoms with Crippen LogP contribution in [0.1, 0.15) is 34.5 Å². The molecule has 3 aromatic rings. The monoisotopic (exact) mass is 358 g/mol. The van der Waals surface area contributed by atoms with Crippen molar-refractivity contribution in [2.75, 3.05) is 0 Å². The van der Waals surface area contributed by atoms with Gasteiger partial charge in [0, 0.05) is 23.2 Å². The molecule has 4 rings (SSSR count). The van der Waals surface area contributed by atoms with Crippen LogP contribution in [0.25, 0.3) is 5.69 Å². The Balaban J connectivity index is 1.66. The SMILES string of the molecule is O=C(c1ccccc1)c1nn(-c2ccccc2)cc1/C=N\NC(=O)C1CC1. The fourth-order valence-electron chi connectivity index (χ4n) is 2.70. The molecule has 1 N–H and O–H groups in total. The van der Waals surface area contributed by atoms with Crippen molar-refractivity contribution in [2.24, 2.45) is 11.0 Å². The Bertz CT molecular complexity index is 990. The summed E-state index contributed by atoms with van der Waals surface area (Å²) >= 11 is 0. The van der Waals surface area contributed by atoms with Crippen LogP contribution in [0.2, 0.25) is 0 Å². The minimum Gasteiger partial charge on any atom is -0.287 e. The van der Waals surface area contributed by atoms with Gasteiger partial charge in [0.25, 0.3) is 0 Å². The number of amides is 1. The van der Waals surface area contributed by atoms with Gasteiger partial charge in [-0.25, -0.2) is 10.1 Å². The van der Waals surface area contributed by atoms with E-state index < -0.39 is 0 Å². The van der Waals surface area contributed by atoms with Crippen LogP contribution < -0.4 is 5.43 Å². The molecule has 0 radical (unpaired) electrons. The van der Waals surface area contributed by atoms with Gasteiger partial charge >= 0.3 is 0 Å². The molecule has 1 aromatic heterocycles. The first-order valence-corrected chi connectivity index (χ1v) is 8.80. The Morgan fingerprint density at radius 3 is 2.37 bits per heavy atom. The second-order valence-electron chi connectivity index (χ2n) is 6.42. The lowest BCUT2D eigenvalue weighted by Crippen LogP contribution is -2.19. The molecule has 2 aromatic carbocycles. The number of hydrogen-bond donors (Lipinski definition) is 1. The normalized spacial score (nSPS) is 13.6. The molecule has 6 heteroatoms. The molecule has 1 amide bonds. The second-order valence-corrected chi connectivity index (χ2v) is 6.42. The van der Waals surface area contributed by atoms with Crippen molar-refractivity contribution in [3.8, 4) is 5.69 Å². The molecule has 27 heavy (non-hydrogen) atoms. The number of hydrazone groups is 1. The van der Waals surface area contributed by atoms with E-state index in [4.69, 9.17) is 0 Å². The average Bonchev–Trinajstić information content (AvgIpc) is 3.49. The molecule has 134 valence electrons. The van der Waals surface area contributed by atoms with Gasteiger partial charge in [-0.3, -0.25) is 9.59 Å². The highest BCUT2D eigenvalue weighted by atomic mass is 16.2. The zero-order chi connectivity index (χ0) is 18.6. The number of nitrogens with zero attached hydrogens (tertiary/aromatic N) is 3. The Labute approximate surface area is 156 Å². The van der Waals surface area contributed by atoms with Crippen molar-refractivity contribution in [2.45, 2.75) is 12.8 Å². The van der Waals surface area contributed by atoms with Gasteiger partial charge in [0.2, 0.25) is 11.7 Å². The van der Waals surface area contributed by atoms with Gasteiger partial charge in [-0.05, 0) is 25.0 Å². The quantitative estimate of drug-likeness (QED) is 0.418. The third-order valence-electron chi connectivity index (χ3n) is 4.34. The van der Waals surface area contributed by atoms with Gasteiger partial charge in [-0.2, -0.15) is 10.2 Å². The molecule has 0 atom stereocenters. The molecule has 1 aliphatic carbocycles. The van der Waals surface area contributed by atoms with E-state index in [1.807, 2.05) is 48.5 Å². The molecule has 0 aliphatic heterocycles. The lowest BCUT2D eigenvalue weighted by molar-refractivity contribution is -0.122. The summed E-state index contributed by atoms with van der Waals surface area (Å²) in [7, 11) is 0. The Morgan fingerprint density at radius 2 is 1.70 bits per heavy atom. The van der Waals surface area contributed by atoms with E-state index in [0.717, 1.165) is 18.5 Å². The van der Waals surface area contributed by atoms with Gasteiger partial charge in [-0.15, -0.1) is 0 Å². The molecule has 0 unspecified atom stereocenters. The van der Waals surface area contributed by atoms with Crippen LogP contribution in [0.3, 0.4) is 0 Å². The summed E-state index contributed by atoms with van der Waals surface area (Å²) in [4.78, 5) is 24.7. The zero-order valence-corrected chi connectivity index (χ0v) is 14.6. The molecule has 0 saturated heterocycles. The smallest absolute Gasteiger partial charge is 0.243 e. The maximum Gasteiger partial charge on any atom is 0.243 e. The third-order valence-corrected chi connectivity index (χ3v) is 4.34. The van der Waals surface area contributed by atoms with Gasteiger partial charge in [0.1, 0.15) is 5.69 Å². The molecule has 6 nitrogen and oxygen atoms in total. The summed E-state index contributed by atoms with van der Waals surface area (Å²) in [5.41, 5.74) is 4.75. The van der Waals surface area contributed by atoms with Crippen molar-refractivity contribution < 1.29 is 9.59 Å². The number of rotatable bonds is 6. The fourth-order valence-corrected chi connectivity index (χ4v) is 2.70.